The minimum atomic E-state index is -3.37. The Hall–Kier alpha value is -0.100. The number of nitrogens with zero attached hydrogens (tertiary/aromatic N) is 1. The molecule has 2 rings (SSSR count). The van der Waals surface area contributed by atoms with Gasteiger partial charge in [0.05, 0.1) is 4.34 Å². The van der Waals surface area contributed by atoms with E-state index in [1.165, 1.54) is 4.31 Å². The number of thiophene rings is 1. The first kappa shape index (κ1) is 14.3. The van der Waals surface area contributed by atoms with E-state index >= 15 is 0 Å². The number of halogens is 1. The summed E-state index contributed by atoms with van der Waals surface area (Å²) >= 11 is 6.93. The van der Waals surface area contributed by atoms with E-state index in [2.05, 4.69) is 6.92 Å². The van der Waals surface area contributed by atoms with E-state index in [-0.39, 0.29) is 6.04 Å². The fourth-order valence-corrected chi connectivity index (χ4v) is 5.46. The van der Waals surface area contributed by atoms with E-state index in [1.54, 1.807) is 19.2 Å². The van der Waals surface area contributed by atoms with Crippen LogP contribution in [0.3, 0.4) is 0 Å². The lowest BCUT2D eigenvalue weighted by Gasteiger charge is -2.32. The lowest BCUT2D eigenvalue weighted by molar-refractivity contribution is 0.246. The molecule has 102 valence electrons. The van der Waals surface area contributed by atoms with Crippen LogP contribution in [0.15, 0.2) is 16.3 Å². The smallest absolute Gasteiger partial charge is 0.206 e. The second kappa shape index (κ2) is 5.49. The van der Waals surface area contributed by atoms with Crippen LogP contribution in [-0.2, 0) is 10.0 Å². The highest BCUT2D eigenvalue weighted by Crippen LogP contribution is 2.32. The van der Waals surface area contributed by atoms with E-state index < -0.39 is 10.0 Å². The molecule has 1 aromatic rings. The van der Waals surface area contributed by atoms with Gasteiger partial charge < -0.3 is 0 Å². The maximum atomic E-state index is 12.4. The van der Waals surface area contributed by atoms with Crippen molar-refractivity contribution in [2.45, 2.75) is 42.9 Å². The summed E-state index contributed by atoms with van der Waals surface area (Å²) in [4.78, 5) is 0. The number of hydrogen-bond donors (Lipinski definition) is 0. The maximum absolute atomic E-state index is 12.4. The maximum Gasteiger partial charge on any atom is 0.252 e. The number of hydrogen-bond acceptors (Lipinski definition) is 3. The van der Waals surface area contributed by atoms with Gasteiger partial charge in [0.15, 0.2) is 0 Å². The third-order valence-corrected chi connectivity index (χ3v) is 7.29. The first-order valence-corrected chi connectivity index (χ1v) is 8.78. The van der Waals surface area contributed by atoms with Crippen LogP contribution < -0.4 is 0 Å². The molecule has 1 aliphatic rings. The van der Waals surface area contributed by atoms with Gasteiger partial charge in [0, 0.05) is 13.1 Å². The van der Waals surface area contributed by atoms with Gasteiger partial charge in [-0.1, -0.05) is 18.5 Å². The molecule has 0 aromatic carbocycles. The zero-order valence-electron chi connectivity index (χ0n) is 10.6. The second-order valence-corrected chi connectivity index (χ2v) is 8.93. The van der Waals surface area contributed by atoms with Crippen LogP contribution in [0, 0.1) is 5.92 Å². The highest BCUT2D eigenvalue weighted by atomic mass is 35.5. The summed E-state index contributed by atoms with van der Waals surface area (Å²) in [6.45, 7) is 2.23. The van der Waals surface area contributed by atoms with E-state index in [0.29, 0.717) is 14.5 Å². The van der Waals surface area contributed by atoms with Crippen LogP contribution in [-0.4, -0.2) is 25.8 Å². The van der Waals surface area contributed by atoms with Crippen LogP contribution in [0.5, 0.6) is 0 Å². The molecule has 0 bridgehead atoms. The van der Waals surface area contributed by atoms with Crippen LogP contribution in [0.4, 0.5) is 0 Å². The summed E-state index contributed by atoms with van der Waals surface area (Å²) in [6, 6.07) is 3.35. The Balaban J connectivity index is 2.15. The summed E-state index contributed by atoms with van der Waals surface area (Å²) in [6.07, 6.45) is 4.12. The van der Waals surface area contributed by atoms with Crippen LogP contribution in [0.1, 0.15) is 32.6 Å². The molecule has 3 nitrogen and oxygen atoms in total. The number of rotatable bonds is 3. The average Bonchev–Trinajstić information content (AvgIpc) is 2.76. The van der Waals surface area contributed by atoms with Gasteiger partial charge >= 0.3 is 0 Å². The SMILES string of the molecule is CC1CCC(N(C)S(=O)(=O)c2ccc(Cl)s2)CC1. The Kier molecular flexibility index (Phi) is 4.36. The van der Waals surface area contributed by atoms with Gasteiger partial charge in [-0.3, -0.25) is 0 Å². The summed E-state index contributed by atoms with van der Waals surface area (Å²) < 4.78 is 27.2. The molecule has 1 heterocycles. The first-order chi connectivity index (χ1) is 8.41. The molecule has 0 spiro atoms. The van der Waals surface area contributed by atoms with Crippen LogP contribution in [0.25, 0.3) is 0 Å². The molecule has 0 amide bonds. The van der Waals surface area contributed by atoms with Gasteiger partial charge in [0.25, 0.3) is 10.0 Å². The van der Waals surface area contributed by atoms with Crippen molar-refractivity contribution in [3.8, 4) is 0 Å². The molecule has 18 heavy (non-hydrogen) atoms. The normalized spacial score (nSPS) is 25.6. The number of sulfonamides is 1. The summed E-state index contributed by atoms with van der Waals surface area (Å²) in [5.41, 5.74) is 0. The predicted octanol–water partition coefficient (Wildman–Crippen LogP) is 3.60. The molecule has 0 saturated heterocycles. The fourth-order valence-electron chi connectivity index (χ4n) is 2.38. The van der Waals surface area contributed by atoms with Crippen molar-refractivity contribution in [1.82, 2.24) is 4.31 Å². The molecule has 1 fully saturated rings. The third-order valence-electron chi connectivity index (χ3n) is 3.68. The Morgan fingerprint density at radius 2 is 1.89 bits per heavy atom. The third kappa shape index (κ3) is 2.90. The largest absolute Gasteiger partial charge is 0.252 e. The molecule has 0 aliphatic heterocycles. The molecule has 0 unspecified atom stereocenters. The van der Waals surface area contributed by atoms with Crippen molar-refractivity contribution in [2.75, 3.05) is 7.05 Å². The van der Waals surface area contributed by atoms with Gasteiger partial charge in [0.1, 0.15) is 4.21 Å². The highest BCUT2D eigenvalue weighted by Gasteiger charge is 2.31. The zero-order valence-corrected chi connectivity index (χ0v) is 13.0. The minimum Gasteiger partial charge on any atom is -0.206 e. The molecular weight excluding hydrogens is 290 g/mol. The van der Waals surface area contributed by atoms with E-state index in [4.69, 9.17) is 11.6 Å². The molecule has 6 heteroatoms. The summed E-state index contributed by atoms with van der Waals surface area (Å²) in [5, 5.41) is 0. The van der Waals surface area contributed by atoms with Crippen molar-refractivity contribution in [2.24, 2.45) is 5.92 Å². The van der Waals surface area contributed by atoms with Gasteiger partial charge in [-0.25, -0.2) is 8.42 Å². The van der Waals surface area contributed by atoms with Crippen LogP contribution >= 0.6 is 22.9 Å². The van der Waals surface area contributed by atoms with Crippen molar-refractivity contribution >= 4 is 33.0 Å². The standard InChI is InChI=1S/C12H18ClNO2S2/c1-9-3-5-10(6-4-9)14(2)18(15,16)12-8-7-11(13)17-12/h7-10H,3-6H2,1-2H3. The average molecular weight is 308 g/mol. The minimum absolute atomic E-state index is 0.132. The Morgan fingerprint density at radius 1 is 1.28 bits per heavy atom. The van der Waals surface area contributed by atoms with Crippen molar-refractivity contribution < 1.29 is 8.42 Å². The Labute approximate surface area is 118 Å². The van der Waals surface area contributed by atoms with Gasteiger partial charge in [-0.15, -0.1) is 11.3 Å². The molecule has 1 aromatic heterocycles. The lowest BCUT2D eigenvalue weighted by atomic mass is 9.87. The quantitative estimate of drug-likeness (QED) is 0.855. The molecule has 0 atom stereocenters. The van der Waals surface area contributed by atoms with E-state index in [9.17, 15) is 8.42 Å². The zero-order chi connectivity index (χ0) is 13.3. The second-order valence-electron chi connectivity index (χ2n) is 4.99. The predicted molar refractivity (Wildman–Crippen MR) is 75.7 cm³/mol. The van der Waals surface area contributed by atoms with Crippen molar-refractivity contribution in [1.29, 1.82) is 0 Å². The molecule has 1 saturated carbocycles. The van der Waals surface area contributed by atoms with E-state index in [1.807, 2.05) is 0 Å². The summed E-state index contributed by atoms with van der Waals surface area (Å²) in [7, 11) is -1.68. The van der Waals surface area contributed by atoms with Crippen molar-refractivity contribution in [3.05, 3.63) is 16.5 Å². The van der Waals surface area contributed by atoms with Crippen LogP contribution in [0.2, 0.25) is 4.34 Å². The first-order valence-electron chi connectivity index (χ1n) is 6.14. The topological polar surface area (TPSA) is 37.4 Å². The monoisotopic (exact) mass is 307 g/mol. The Bertz CT molecular complexity index is 504. The lowest BCUT2D eigenvalue weighted by Crippen LogP contribution is -2.38. The molecule has 0 radical (unpaired) electrons. The molecule has 1 aliphatic carbocycles. The van der Waals surface area contributed by atoms with Gasteiger partial charge in [0.2, 0.25) is 0 Å². The van der Waals surface area contributed by atoms with E-state index in [0.717, 1.165) is 37.0 Å². The summed E-state index contributed by atoms with van der Waals surface area (Å²) in [5.74, 6) is 0.716. The van der Waals surface area contributed by atoms with Gasteiger partial charge in [-0.05, 0) is 43.7 Å². The highest BCUT2D eigenvalue weighted by molar-refractivity contribution is 7.91. The molecule has 0 N–H and O–H groups in total. The fraction of sp³-hybridized carbons (Fsp3) is 0.667. The van der Waals surface area contributed by atoms with Crippen molar-refractivity contribution in [3.63, 3.8) is 0 Å². The molecular formula is C12H18ClNO2S2. The van der Waals surface area contributed by atoms with Gasteiger partial charge in [-0.2, -0.15) is 4.31 Å². The Morgan fingerprint density at radius 3 is 2.39 bits per heavy atom.